The van der Waals surface area contributed by atoms with Gasteiger partial charge in [-0.1, -0.05) is 19.8 Å². The zero-order chi connectivity index (χ0) is 10.4. The molecule has 1 rings (SSSR count). The second-order valence-electron chi connectivity index (χ2n) is 3.83. The molecule has 0 aliphatic heterocycles. The van der Waals surface area contributed by atoms with Crippen LogP contribution in [-0.2, 0) is 0 Å². The highest BCUT2D eigenvalue weighted by atomic mass is 32.1. The summed E-state index contributed by atoms with van der Waals surface area (Å²) in [4.78, 5) is 2.86. The van der Waals surface area contributed by atoms with Crippen molar-refractivity contribution < 1.29 is 0 Å². The van der Waals surface area contributed by atoms with Crippen LogP contribution in [0, 0.1) is 6.92 Å². The summed E-state index contributed by atoms with van der Waals surface area (Å²) in [6.07, 6.45) is 3.93. The summed E-state index contributed by atoms with van der Waals surface area (Å²) in [5.74, 6) is 0. The SMILES string of the molecule is CCCCCN[C@@H](C)c1ccc(C)s1. The number of hydrogen-bond acceptors (Lipinski definition) is 2. The van der Waals surface area contributed by atoms with Crippen LogP contribution in [0.15, 0.2) is 12.1 Å². The summed E-state index contributed by atoms with van der Waals surface area (Å²) in [5.41, 5.74) is 0. The van der Waals surface area contributed by atoms with E-state index in [2.05, 4.69) is 38.2 Å². The molecule has 14 heavy (non-hydrogen) atoms. The fourth-order valence-electron chi connectivity index (χ4n) is 1.48. The first-order valence-corrected chi connectivity index (χ1v) is 6.35. The summed E-state index contributed by atoms with van der Waals surface area (Å²) in [5, 5.41) is 3.56. The monoisotopic (exact) mass is 211 g/mol. The van der Waals surface area contributed by atoms with Crippen molar-refractivity contribution in [3.8, 4) is 0 Å². The predicted octanol–water partition coefficient (Wildman–Crippen LogP) is 3.90. The molecule has 1 aromatic rings. The molecule has 0 aliphatic rings. The summed E-state index contributed by atoms with van der Waals surface area (Å²) in [6, 6.07) is 4.95. The topological polar surface area (TPSA) is 12.0 Å². The van der Waals surface area contributed by atoms with Crippen LogP contribution in [0.4, 0.5) is 0 Å². The molecule has 0 radical (unpaired) electrons. The second-order valence-corrected chi connectivity index (χ2v) is 5.15. The second kappa shape index (κ2) is 6.20. The minimum Gasteiger partial charge on any atom is -0.309 e. The summed E-state index contributed by atoms with van der Waals surface area (Å²) < 4.78 is 0. The van der Waals surface area contributed by atoms with Gasteiger partial charge in [0, 0.05) is 15.8 Å². The maximum Gasteiger partial charge on any atom is 0.0386 e. The fraction of sp³-hybridized carbons (Fsp3) is 0.667. The number of unbranched alkanes of at least 4 members (excludes halogenated alkanes) is 2. The smallest absolute Gasteiger partial charge is 0.0386 e. The third-order valence-electron chi connectivity index (χ3n) is 2.42. The van der Waals surface area contributed by atoms with Gasteiger partial charge in [-0.25, -0.2) is 0 Å². The van der Waals surface area contributed by atoms with Crippen molar-refractivity contribution in [2.75, 3.05) is 6.54 Å². The fourth-order valence-corrected chi connectivity index (χ4v) is 2.38. The zero-order valence-corrected chi connectivity index (χ0v) is 10.3. The lowest BCUT2D eigenvalue weighted by Gasteiger charge is -2.11. The minimum atomic E-state index is 0.519. The summed E-state index contributed by atoms with van der Waals surface area (Å²) >= 11 is 1.90. The Balaban J connectivity index is 2.25. The van der Waals surface area contributed by atoms with Gasteiger partial charge in [-0.2, -0.15) is 0 Å². The van der Waals surface area contributed by atoms with Crippen LogP contribution in [0.1, 0.15) is 48.9 Å². The number of thiophene rings is 1. The third-order valence-corrected chi connectivity index (χ3v) is 3.60. The van der Waals surface area contributed by atoms with Crippen LogP contribution < -0.4 is 5.32 Å². The van der Waals surface area contributed by atoms with Crippen LogP contribution in [0.2, 0.25) is 0 Å². The summed E-state index contributed by atoms with van der Waals surface area (Å²) in [7, 11) is 0. The van der Waals surface area contributed by atoms with E-state index in [9.17, 15) is 0 Å². The normalized spacial score (nSPS) is 13.1. The van der Waals surface area contributed by atoms with E-state index in [1.807, 2.05) is 11.3 Å². The van der Waals surface area contributed by atoms with Crippen LogP contribution in [-0.4, -0.2) is 6.54 Å². The largest absolute Gasteiger partial charge is 0.309 e. The number of hydrogen-bond donors (Lipinski definition) is 1. The Hall–Kier alpha value is -0.340. The highest BCUT2D eigenvalue weighted by molar-refractivity contribution is 7.12. The van der Waals surface area contributed by atoms with Crippen LogP contribution in [0.5, 0.6) is 0 Å². The van der Waals surface area contributed by atoms with Gasteiger partial charge in [0.15, 0.2) is 0 Å². The predicted molar refractivity (Wildman–Crippen MR) is 65.0 cm³/mol. The maximum atomic E-state index is 3.56. The van der Waals surface area contributed by atoms with Crippen LogP contribution in [0.25, 0.3) is 0 Å². The maximum absolute atomic E-state index is 3.56. The van der Waals surface area contributed by atoms with E-state index in [1.165, 1.54) is 29.0 Å². The average molecular weight is 211 g/mol. The Morgan fingerprint density at radius 2 is 2.14 bits per heavy atom. The van der Waals surface area contributed by atoms with Gasteiger partial charge in [0.1, 0.15) is 0 Å². The average Bonchev–Trinajstić information content (AvgIpc) is 2.59. The minimum absolute atomic E-state index is 0.519. The highest BCUT2D eigenvalue weighted by Crippen LogP contribution is 2.22. The van der Waals surface area contributed by atoms with Crippen molar-refractivity contribution in [3.05, 3.63) is 21.9 Å². The zero-order valence-electron chi connectivity index (χ0n) is 9.47. The number of aryl methyl sites for hydroxylation is 1. The Labute approximate surface area is 91.5 Å². The van der Waals surface area contributed by atoms with E-state index < -0.39 is 0 Å². The van der Waals surface area contributed by atoms with Gasteiger partial charge in [0.25, 0.3) is 0 Å². The van der Waals surface area contributed by atoms with Crippen molar-refractivity contribution in [1.82, 2.24) is 5.32 Å². The van der Waals surface area contributed by atoms with Gasteiger partial charge in [-0.3, -0.25) is 0 Å². The van der Waals surface area contributed by atoms with E-state index >= 15 is 0 Å². The van der Waals surface area contributed by atoms with Gasteiger partial charge in [0.05, 0.1) is 0 Å². The van der Waals surface area contributed by atoms with E-state index in [0.717, 1.165) is 6.54 Å². The molecule has 1 atom stereocenters. The Bertz CT molecular complexity index is 255. The molecule has 0 unspecified atom stereocenters. The molecular formula is C12H21NS. The van der Waals surface area contributed by atoms with Gasteiger partial charge in [-0.05, 0) is 38.9 Å². The van der Waals surface area contributed by atoms with Crippen molar-refractivity contribution in [1.29, 1.82) is 0 Å². The third kappa shape index (κ3) is 3.81. The quantitative estimate of drug-likeness (QED) is 0.704. The molecule has 0 bridgehead atoms. The molecule has 2 heteroatoms. The van der Waals surface area contributed by atoms with Crippen LogP contribution in [0.3, 0.4) is 0 Å². The molecule has 0 saturated heterocycles. The standard InChI is InChI=1S/C12H21NS/c1-4-5-6-9-13-11(3)12-8-7-10(2)14-12/h7-8,11,13H,4-6,9H2,1-3H3/t11-/m0/s1. The lowest BCUT2D eigenvalue weighted by Crippen LogP contribution is -2.18. The Morgan fingerprint density at radius 1 is 1.36 bits per heavy atom. The number of nitrogens with one attached hydrogen (secondary N) is 1. The van der Waals surface area contributed by atoms with E-state index in [1.54, 1.807) is 0 Å². The Morgan fingerprint density at radius 3 is 2.71 bits per heavy atom. The molecule has 1 nitrogen and oxygen atoms in total. The summed E-state index contributed by atoms with van der Waals surface area (Å²) in [6.45, 7) is 7.80. The molecule has 1 N–H and O–H groups in total. The molecular weight excluding hydrogens is 190 g/mol. The van der Waals surface area contributed by atoms with Crippen molar-refractivity contribution >= 4 is 11.3 Å². The van der Waals surface area contributed by atoms with Crippen molar-refractivity contribution in [3.63, 3.8) is 0 Å². The van der Waals surface area contributed by atoms with Gasteiger partial charge in [-0.15, -0.1) is 11.3 Å². The van der Waals surface area contributed by atoms with Gasteiger partial charge < -0.3 is 5.32 Å². The first kappa shape index (κ1) is 11.7. The molecule has 80 valence electrons. The first-order valence-electron chi connectivity index (χ1n) is 5.53. The van der Waals surface area contributed by atoms with E-state index in [4.69, 9.17) is 0 Å². The van der Waals surface area contributed by atoms with E-state index in [0.29, 0.717) is 6.04 Å². The lowest BCUT2D eigenvalue weighted by atomic mass is 10.2. The van der Waals surface area contributed by atoms with Gasteiger partial charge in [0.2, 0.25) is 0 Å². The molecule has 0 fully saturated rings. The number of rotatable bonds is 6. The van der Waals surface area contributed by atoms with E-state index in [-0.39, 0.29) is 0 Å². The van der Waals surface area contributed by atoms with Gasteiger partial charge >= 0.3 is 0 Å². The van der Waals surface area contributed by atoms with Crippen molar-refractivity contribution in [2.24, 2.45) is 0 Å². The molecule has 1 aromatic heterocycles. The molecule has 0 aromatic carbocycles. The molecule has 1 heterocycles. The lowest BCUT2D eigenvalue weighted by molar-refractivity contribution is 0.549. The molecule has 0 amide bonds. The molecule has 0 spiro atoms. The molecule has 0 aliphatic carbocycles. The Kier molecular flexibility index (Phi) is 5.20. The molecule has 0 saturated carbocycles. The van der Waals surface area contributed by atoms with Crippen molar-refractivity contribution in [2.45, 2.75) is 46.1 Å². The first-order chi connectivity index (χ1) is 6.74. The van der Waals surface area contributed by atoms with Crippen LogP contribution >= 0.6 is 11.3 Å². The highest BCUT2D eigenvalue weighted by Gasteiger charge is 2.05.